The summed E-state index contributed by atoms with van der Waals surface area (Å²) in [5.41, 5.74) is 4.05. The predicted molar refractivity (Wildman–Crippen MR) is 93.8 cm³/mol. The molecule has 3 heterocycles. The molecule has 1 fully saturated rings. The molecule has 0 radical (unpaired) electrons. The molecule has 1 aliphatic carbocycles. The number of rotatable bonds is 4. The third kappa shape index (κ3) is 2.65. The van der Waals surface area contributed by atoms with Crippen molar-refractivity contribution < 1.29 is 0 Å². The van der Waals surface area contributed by atoms with Crippen molar-refractivity contribution in [3.8, 4) is 5.82 Å². The first-order valence-electron chi connectivity index (χ1n) is 8.67. The second kappa shape index (κ2) is 5.80. The maximum atomic E-state index is 4.59. The normalized spacial score (nSPS) is 16.9. The predicted octanol–water partition coefficient (Wildman–Crippen LogP) is 4.93. The Kier molecular flexibility index (Phi) is 3.64. The van der Waals surface area contributed by atoms with E-state index in [-0.39, 0.29) is 0 Å². The molecular weight excluding hydrogens is 282 g/mol. The van der Waals surface area contributed by atoms with Crippen molar-refractivity contribution in [2.75, 3.05) is 0 Å². The number of hydrogen-bond acceptors (Lipinski definition) is 2. The number of pyridine rings is 2. The fourth-order valence-corrected chi connectivity index (χ4v) is 4.08. The Balaban J connectivity index is 1.69. The molecule has 0 amide bonds. The highest BCUT2D eigenvalue weighted by Crippen LogP contribution is 2.43. The summed E-state index contributed by atoms with van der Waals surface area (Å²) in [6, 6.07) is 10.6. The molecule has 0 unspecified atom stereocenters. The largest absolute Gasteiger partial charge is 0.300 e. The molecule has 0 aliphatic heterocycles. The minimum absolute atomic E-state index is 0.513. The molecule has 3 nitrogen and oxygen atoms in total. The number of hydrogen-bond donors (Lipinski definition) is 0. The molecule has 1 aliphatic rings. The van der Waals surface area contributed by atoms with E-state index in [1.807, 2.05) is 24.5 Å². The van der Waals surface area contributed by atoms with Crippen molar-refractivity contribution >= 4 is 11.0 Å². The van der Waals surface area contributed by atoms with Gasteiger partial charge in [-0.05, 0) is 60.6 Å². The topological polar surface area (TPSA) is 30.7 Å². The van der Waals surface area contributed by atoms with E-state index in [4.69, 9.17) is 0 Å². The zero-order valence-electron chi connectivity index (χ0n) is 13.7. The van der Waals surface area contributed by atoms with Crippen LogP contribution in [0.4, 0.5) is 0 Å². The quantitative estimate of drug-likeness (QED) is 0.684. The van der Waals surface area contributed by atoms with E-state index in [1.165, 1.54) is 44.1 Å². The Bertz CT molecular complexity index is 812. The Morgan fingerprint density at radius 3 is 2.78 bits per heavy atom. The Hall–Kier alpha value is -2.16. The molecule has 0 N–H and O–H groups in total. The van der Waals surface area contributed by atoms with Crippen molar-refractivity contribution in [1.82, 2.24) is 14.5 Å². The summed E-state index contributed by atoms with van der Waals surface area (Å²) < 4.78 is 2.14. The molecular formula is C20H23N3. The van der Waals surface area contributed by atoms with Crippen molar-refractivity contribution in [1.29, 1.82) is 0 Å². The molecule has 4 rings (SSSR count). The summed E-state index contributed by atoms with van der Waals surface area (Å²) >= 11 is 0. The minimum atomic E-state index is 0.513. The number of nitrogens with zero attached hydrogens (tertiary/aromatic N) is 3. The van der Waals surface area contributed by atoms with Gasteiger partial charge in [-0.2, -0.15) is 0 Å². The van der Waals surface area contributed by atoms with Crippen molar-refractivity contribution in [3.05, 3.63) is 54.5 Å². The van der Waals surface area contributed by atoms with Crippen LogP contribution in [0.2, 0.25) is 0 Å². The zero-order valence-corrected chi connectivity index (χ0v) is 13.7. The fourth-order valence-electron chi connectivity index (χ4n) is 4.08. The van der Waals surface area contributed by atoms with Gasteiger partial charge in [-0.15, -0.1) is 0 Å². The third-order valence-electron chi connectivity index (χ3n) is 5.51. The summed E-state index contributed by atoms with van der Waals surface area (Å²) in [4.78, 5) is 9.00. The van der Waals surface area contributed by atoms with Crippen molar-refractivity contribution in [3.63, 3.8) is 0 Å². The second-order valence-corrected chi connectivity index (χ2v) is 6.85. The van der Waals surface area contributed by atoms with Gasteiger partial charge in [-0.25, -0.2) is 4.98 Å². The SMILES string of the molecule is CCC1(Cc2ccnc(-n3ccc4ncccc43)c2)CCCC1. The van der Waals surface area contributed by atoms with Crippen LogP contribution in [0.15, 0.2) is 48.9 Å². The second-order valence-electron chi connectivity index (χ2n) is 6.85. The van der Waals surface area contributed by atoms with E-state index >= 15 is 0 Å². The highest BCUT2D eigenvalue weighted by atomic mass is 15.1. The van der Waals surface area contributed by atoms with E-state index in [1.54, 1.807) is 0 Å². The smallest absolute Gasteiger partial charge is 0.137 e. The van der Waals surface area contributed by atoms with Gasteiger partial charge in [0.1, 0.15) is 5.82 Å². The summed E-state index contributed by atoms with van der Waals surface area (Å²) in [5, 5.41) is 0. The molecule has 0 spiro atoms. The molecule has 23 heavy (non-hydrogen) atoms. The minimum Gasteiger partial charge on any atom is -0.300 e. The average Bonchev–Trinajstić information content (AvgIpc) is 3.22. The van der Waals surface area contributed by atoms with Gasteiger partial charge in [0.15, 0.2) is 0 Å². The van der Waals surface area contributed by atoms with Crippen LogP contribution in [0.1, 0.15) is 44.6 Å². The van der Waals surface area contributed by atoms with Crippen molar-refractivity contribution in [2.45, 2.75) is 45.4 Å². The number of fused-ring (bicyclic) bond motifs is 1. The van der Waals surface area contributed by atoms with Crippen LogP contribution in [0, 0.1) is 5.41 Å². The summed E-state index contributed by atoms with van der Waals surface area (Å²) in [6.07, 6.45) is 13.8. The van der Waals surface area contributed by atoms with Gasteiger partial charge in [-0.3, -0.25) is 9.55 Å². The van der Waals surface area contributed by atoms with Crippen LogP contribution in [0.5, 0.6) is 0 Å². The van der Waals surface area contributed by atoms with Crippen LogP contribution in [0.25, 0.3) is 16.9 Å². The molecule has 1 saturated carbocycles. The zero-order chi connectivity index (χ0) is 15.7. The van der Waals surface area contributed by atoms with Gasteiger partial charge in [0.25, 0.3) is 0 Å². The molecule has 3 heteroatoms. The first-order valence-corrected chi connectivity index (χ1v) is 8.67. The van der Waals surface area contributed by atoms with Crippen LogP contribution in [-0.2, 0) is 6.42 Å². The Morgan fingerprint density at radius 2 is 1.96 bits per heavy atom. The van der Waals surface area contributed by atoms with Gasteiger partial charge in [0.2, 0.25) is 0 Å². The molecule has 3 aromatic rings. The van der Waals surface area contributed by atoms with Crippen LogP contribution < -0.4 is 0 Å². The van der Waals surface area contributed by atoms with Gasteiger partial charge in [0, 0.05) is 18.6 Å². The molecule has 0 atom stereocenters. The Morgan fingerprint density at radius 1 is 1.09 bits per heavy atom. The van der Waals surface area contributed by atoms with Gasteiger partial charge >= 0.3 is 0 Å². The van der Waals surface area contributed by atoms with E-state index in [2.05, 4.69) is 45.9 Å². The van der Waals surface area contributed by atoms with E-state index in [0.717, 1.165) is 16.9 Å². The van der Waals surface area contributed by atoms with Crippen LogP contribution in [-0.4, -0.2) is 14.5 Å². The van der Waals surface area contributed by atoms with Gasteiger partial charge in [-0.1, -0.05) is 26.2 Å². The highest BCUT2D eigenvalue weighted by molar-refractivity contribution is 5.77. The van der Waals surface area contributed by atoms with E-state index in [0.29, 0.717) is 5.41 Å². The molecule has 0 aromatic carbocycles. The molecule has 3 aromatic heterocycles. The lowest BCUT2D eigenvalue weighted by Gasteiger charge is -2.27. The molecule has 118 valence electrons. The average molecular weight is 305 g/mol. The van der Waals surface area contributed by atoms with Crippen LogP contribution >= 0.6 is 0 Å². The third-order valence-corrected chi connectivity index (χ3v) is 5.51. The maximum Gasteiger partial charge on any atom is 0.137 e. The van der Waals surface area contributed by atoms with Crippen LogP contribution in [0.3, 0.4) is 0 Å². The lowest BCUT2D eigenvalue weighted by molar-refractivity contribution is 0.282. The Labute approximate surface area is 137 Å². The van der Waals surface area contributed by atoms with Gasteiger partial charge in [0.05, 0.1) is 11.0 Å². The molecule has 0 saturated heterocycles. The lowest BCUT2D eigenvalue weighted by atomic mass is 9.78. The first-order chi connectivity index (χ1) is 11.3. The summed E-state index contributed by atoms with van der Waals surface area (Å²) in [7, 11) is 0. The maximum absolute atomic E-state index is 4.59. The fraction of sp³-hybridized carbons (Fsp3) is 0.400. The molecule has 0 bridgehead atoms. The summed E-state index contributed by atoms with van der Waals surface area (Å²) in [6.45, 7) is 2.35. The summed E-state index contributed by atoms with van der Waals surface area (Å²) in [5.74, 6) is 0.995. The first kappa shape index (κ1) is 14.4. The van der Waals surface area contributed by atoms with Gasteiger partial charge < -0.3 is 0 Å². The standard InChI is InChI=1S/C20H23N3/c1-2-20(9-3-4-10-20)15-16-7-12-22-19(14-16)23-13-8-17-18(23)6-5-11-21-17/h5-8,11-14H,2-4,9-10,15H2,1H3. The number of aromatic nitrogens is 3. The monoisotopic (exact) mass is 305 g/mol. The van der Waals surface area contributed by atoms with Crippen molar-refractivity contribution in [2.24, 2.45) is 5.41 Å². The lowest BCUT2D eigenvalue weighted by Crippen LogP contribution is -2.18. The highest BCUT2D eigenvalue weighted by Gasteiger charge is 2.32. The van der Waals surface area contributed by atoms with E-state index < -0.39 is 0 Å². The van der Waals surface area contributed by atoms with E-state index in [9.17, 15) is 0 Å².